The van der Waals surface area contributed by atoms with Crippen LogP contribution in [0.4, 0.5) is 11.4 Å². The number of amides is 2. The Labute approximate surface area is 195 Å². The minimum atomic E-state index is -0.490. The Kier molecular flexibility index (Phi) is 7.85. The Morgan fingerprint density at radius 2 is 1.45 bits per heavy atom. The summed E-state index contributed by atoms with van der Waals surface area (Å²) in [6.45, 7) is 7.86. The highest BCUT2D eigenvalue weighted by Crippen LogP contribution is 2.23. The Balaban J connectivity index is 1.53. The van der Waals surface area contributed by atoms with Crippen LogP contribution in [0, 0.1) is 20.8 Å². The van der Waals surface area contributed by atoms with Crippen LogP contribution < -0.4 is 15.4 Å². The summed E-state index contributed by atoms with van der Waals surface area (Å²) in [6.07, 6.45) is 0. The topological polar surface area (TPSA) is 70.7 Å². The molecule has 33 heavy (non-hydrogen) atoms. The number of hydrogen-bond acceptors (Lipinski definition) is 4. The van der Waals surface area contributed by atoms with Gasteiger partial charge in [-0.1, -0.05) is 35.9 Å². The first-order chi connectivity index (χ1) is 15.7. The van der Waals surface area contributed by atoms with Gasteiger partial charge in [0, 0.05) is 11.4 Å². The molecule has 0 saturated carbocycles. The Bertz CT molecular complexity index is 1090. The maximum atomic E-state index is 12.7. The molecule has 0 aliphatic carbocycles. The highest BCUT2D eigenvalue weighted by molar-refractivity contribution is 5.96. The van der Waals surface area contributed by atoms with Gasteiger partial charge in [0.1, 0.15) is 11.5 Å². The molecule has 0 spiro atoms. The largest absolute Gasteiger partial charge is 0.457 e. The zero-order valence-corrected chi connectivity index (χ0v) is 19.8. The van der Waals surface area contributed by atoms with E-state index in [9.17, 15) is 9.59 Å². The summed E-state index contributed by atoms with van der Waals surface area (Å²) in [5, 5.41) is 5.87. The molecular formula is C27H31N3O3. The second-order valence-corrected chi connectivity index (χ2v) is 8.34. The van der Waals surface area contributed by atoms with E-state index in [0.29, 0.717) is 11.4 Å². The summed E-state index contributed by atoms with van der Waals surface area (Å²) in [5.74, 6) is 1.08. The van der Waals surface area contributed by atoms with Crippen molar-refractivity contribution in [3.05, 3.63) is 83.4 Å². The fraction of sp³-hybridized carbons (Fsp3) is 0.259. The summed E-state index contributed by atoms with van der Waals surface area (Å²) >= 11 is 0. The normalized spacial score (nSPS) is 11.7. The first-order valence-electron chi connectivity index (χ1n) is 10.9. The maximum Gasteiger partial charge on any atom is 0.241 e. The molecule has 0 aliphatic heterocycles. The average molecular weight is 446 g/mol. The molecule has 172 valence electrons. The number of ether oxygens (including phenoxy) is 1. The number of aryl methyl sites for hydroxylation is 3. The lowest BCUT2D eigenvalue weighted by Crippen LogP contribution is -2.43. The number of likely N-dealkylation sites (N-methyl/N-ethyl adjacent to an activating group) is 1. The third-order valence-corrected chi connectivity index (χ3v) is 5.48. The lowest BCUT2D eigenvalue weighted by atomic mass is 10.1. The van der Waals surface area contributed by atoms with Gasteiger partial charge >= 0.3 is 0 Å². The van der Waals surface area contributed by atoms with E-state index in [1.807, 2.05) is 63.2 Å². The summed E-state index contributed by atoms with van der Waals surface area (Å²) in [7, 11) is 1.76. The molecule has 1 atom stereocenters. The lowest BCUT2D eigenvalue weighted by molar-refractivity contribution is -0.122. The second-order valence-electron chi connectivity index (χ2n) is 8.34. The van der Waals surface area contributed by atoms with E-state index in [1.165, 1.54) is 0 Å². The third kappa shape index (κ3) is 6.67. The number of nitrogens with one attached hydrogen (secondary N) is 2. The molecule has 0 bridgehead atoms. The van der Waals surface area contributed by atoms with E-state index in [4.69, 9.17) is 4.74 Å². The van der Waals surface area contributed by atoms with Gasteiger partial charge in [0.25, 0.3) is 0 Å². The quantitative estimate of drug-likeness (QED) is 0.493. The van der Waals surface area contributed by atoms with Crippen LogP contribution in [0.15, 0.2) is 66.7 Å². The Morgan fingerprint density at radius 3 is 2.06 bits per heavy atom. The number of carbonyl (C=O) groups excluding carboxylic acids is 2. The number of carbonyl (C=O) groups is 2. The SMILES string of the molecule is Cc1cc(C)c(NC(=O)CN(C)C(C)C(=O)Nc2ccc(Oc3ccccc3)cc2)c(C)c1. The van der Waals surface area contributed by atoms with Gasteiger partial charge in [0.05, 0.1) is 12.6 Å². The van der Waals surface area contributed by atoms with Gasteiger partial charge < -0.3 is 15.4 Å². The van der Waals surface area contributed by atoms with Gasteiger partial charge in [-0.05, 0) is 82.3 Å². The molecule has 3 aromatic carbocycles. The van der Waals surface area contributed by atoms with Crippen molar-refractivity contribution >= 4 is 23.2 Å². The maximum absolute atomic E-state index is 12.7. The second kappa shape index (κ2) is 10.8. The number of nitrogens with zero attached hydrogens (tertiary/aromatic N) is 1. The minimum Gasteiger partial charge on any atom is -0.457 e. The Morgan fingerprint density at radius 1 is 0.879 bits per heavy atom. The Hall–Kier alpha value is -3.64. The molecule has 6 heteroatoms. The van der Waals surface area contributed by atoms with Crippen molar-refractivity contribution in [2.24, 2.45) is 0 Å². The highest BCUT2D eigenvalue weighted by atomic mass is 16.5. The number of rotatable bonds is 8. The third-order valence-electron chi connectivity index (χ3n) is 5.48. The zero-order chi connectivity index (χ0) is 24.0. The average Bonchev–Trinajstić information content (AvgIpc) is 2.77. The highest BCUT2D eigenvalue weighted by Gasteiger charge is 2.21. The number of benzene rings is 3. The van der Waals surface area contributed by atoms with Crippen molar-refractivity contribution in [1.82, 2.24) is 4.90 Å². The molecule has 0 aliphatic rings. The molecule has 0 fully saturated rings. The lowest BCUT2D eigenvalue weighted by Gasteiger charge is -2.24. The standard InChI is InChI=1S/C27H31N3O3/c1-18-15-19(2)26(20(3)16-18)29-25(31)17-30(5)21(4)27(32)28-22-11-13-24(14-12-22)33-23-9-7-6-8-10-23/h6-16,21H,17H2,1-5H3,(H,28,32)(H,29,31). The van der Waals surface area contributed by atoms with Gasteiger partial charge in [-0.15, -0.1) is 0 Å². The van der Waals surface area contributed by atoms with Gasteiger partial charge in [-0.25, -0.2) is 0 Å². The monoisotopic (exact) mass is 445 g/mol. The van der Waals surface area contributed by atoms with E-state index in [1.54, 1.807) is 43.1 Å². The minimum absolute atomic E-state index is 0.102. The van der Waals surface area contributed by atoms with E-state index in [-0.39, 0.29) is 18.4 Å². The number of hydrogen-bond donors (Lipinski definition) is 2. The van der Waals surface area contributed by atoms with Crippen molar-refractivity contribution in [1.29, 1.82) is 0 Å². The molecule has 2 N–H and O–H groups in total. The summed E-state index contributed by atoms with van der Waals surface area (Å²) in [4.78, 5) is 27.0. The molecule has 2 amide bonds. The van der Waals surface area contributed by atoms with Crippen LogP contribution >= 0.6 is 0 Å². The van der Waals surface area contributed by atoms with Crippen LogP contribution in [0.1, 0.15) is 23.6 Å². The molecule has 0 radical (unpaired) electrons. The summed E-state index contributed by atoms with van der Waals surface area (Å²) in [5.41, 5.74) is 4.69. The van der Waals surface area contributed by atoms with E-state index < -0.39 is 6.04 Å². The van der Waals surface area contributed by atoms with Crippen LogP contribution in [0.25, 0.3) is 0 Å². The fourth-order valence-electron chi connectivity index (χ4n) is 3.60. The van der Waals surface area contributed by atoms with Crippen molar-refractivity contribution in [3.63, 3.8) is 0 Å². The molecule has 0 saturated heterocycles. The predicted molar refractivity (Wildman–Crippen MR) is 133 cm³/mol. The first-order valence-corrected chi connectivity index (χ1v) is 10.9. The molecule has 0 aromatic heterocycles. The zero-order valence-electron chi connectivity index (χ0n) is 19.8. The number of anilines is 2. The van der Waals surface area contributed by atoms with Crippen LogP contribution in [0.3, 0.4) is 0 Å². The number of para-hydroxylation sites is 1. The van der Waals surface area contributed by atoms with Crippen LogP contribution in [0.5, 0.6) is 11.5 Å². The van der Waals surface area contributed by atoms with Gasteiger partial charge in [0.2, 0.25) is 11.8 Å². The fourth-order valence-corrected chi connectivity index (χ4v) is 3.60. The van der Waals surface area contributed by atoms with E-state index >= 15 is 0 Å². The predicted octanol–water partition coefficient (Wildman–Crippen LogP) is 5.30. The van der Waals surface area contributed by atoms with Crippen molar-refractivity contribution in [3.8, 4) is 11.5 Å². The van der Waals surface area contributed by atoms with Gasteiger partial charge in [0.15, 0.2) is 0 Å². The molecule has 1 unspecified atom stereocenters. The molecule has 3 aromatic rings. The summed E-state index contributed by atoms with van der Waals surface area (Å²) < 4.78 is 5.77. The molecule has 0 heterocycles. The first kappa shape index (κ1) is 24.0. The van der Waals surface area contributed by atoms with Gasteiger partial charge in [-0.3, -0.25) is 14.5 Å². The van der Waals surface area contributed by atoms with Crippen molar-refractivity contribution in [2.45, 2.75) is 33.7 Å². The summed E-state index contributed by atoms with van der Waals surface area (Å²) in [6, 6.07) is 20.3. The van der Waals surface area contributed by atoms with Crippen LogP contribution in [-0.4, -0.2) is 36.3 Å². The van der Waals surface area contributed by atoms with Crippen LogP contribution in [-0.2, 0) is 9.59 Å². The molecular weight excluding hydrogens is 414 g/mol. The van der Waals surface area contributed by atoms with Gasteiger partial charge in [-0.2, -0.15) is 0 Å². The van der Waals surface area contributed by atoms with Crippen molar-refractivity contribution in [2.75, 3.05) is 24.2 Å². The van der Waals surface area contributed by atoms with Crippen molar-refractivity contribution < 1.29 is 14.3 Å². The smallest absolute Gasteiger partial charge is 0.241 e. The molecule has 6 nitrogen and oxygen atoms in total. The van der Waals surface area contributed by atoms with Crippen LogP contribution in [0.2, 0.25) is 0 Å². The molecule has 3 rings (SSSR count). The van der Waals surface area contributed by atoms with E-state index in [0.717, 1.165) is 28.1 Å². The van der Waals surface area contributed by atoms with E-state index in [2.05, 4.69) is 10.6 Å².